The molecule has 1 N–H and O–H groups in total. The Labute approximate surface area is 141 Å². The minimum Gasteiger partial charge on any atom is -0.322 e. The van der Waals surface area contributed by atoms with Crippen LogP contribution in [0.3, 0.4) is 0 Å². The van der Waals surface area contributed by atoms with Gasteiger partial charge in [0.25, 0.3) is 5.91 Å². The van der Waals surface area contributed by atoms with E-state index in [1.165, 1.54) is 11.9 Å². The van der Waals surface area contributed by atoms with Crippen LogP contribution in [0.4, 0.5) is 5.69 Å². The van der Waals surface area contributed by atoms with Crippen LogP contribution in [0.5, 0.6) is 0 Å². The highest BCUT2D eigenvalue weighted by molar-refractivity contribution is 6.04. The van der Waals surface area contributed by atoms with Gasteiger partial charge in [0, 0.05) is 11.3 Å². The van der Waals surface area contributed by atoms with Gasteiger partial charge in [-0.1, -0.05) is 44.2 Å². The first-order chi connectivity index (χ1) is 11.6. The van der Waals surface area contributed by atoms with E-state index in [2.05, 4.69) is 29.2 Å². The van der Waals surface area contributed by atoms with E-state index in [1.807, 2.05) is 48.5 Å². The fourth-order valence-electron chi connectivity index (χ4n) is 2.48. The molecule has 0 aliphatic rings. The number of aromatic nitrogens is 3. The summed E-state index contributed by atoms with van der Waals surface area (Å²) < 4.78 is 1.72. The van der Waals surface area contributed by atoms with Crippen LogP contribution in [0.15, 0.2) is 61.2 Å². The quantitative estimate of drug-likeness (QED) is 0.780. The summed E-state index contributed by atoms with van der Waals surface area (Å²) in [6.45, 7) is 4.83. The second kappa shape index (κ2) is 7.08. The van der Waals surface area contributed by atoms with Gasteiger partial charge in [0.15, 0.2) is 0 Å². The third-order valence-electron chi connectivity index (χ3n) is 3.90. The van der Waals surface area contributed by atoms with Gasteiger partial charge in [-0.3, -0.25) is 4.79 Å². The second-order valence-electron chi connectivity index (χ2n) is 5.98. The number of hydrogen-bond donors (Lipinski definition) is 1. The lowest BCUT2D eigenvalue weighted by Crippen LogP contribution is -2.14. The number of carbonyl (C=O) groups excluding carboxylic acids is 1. The van der Waals surface area contributed by atoms with Crippen molar-refractivity contribution in [3.63, 3.8) is 0 Å². The standard InChI is InChI=1S/C19H20N4O/c1-14(2)15-7-9-16(10-8-15)19(24)22-18-6-4-3-5-17(18)11-23-13-20-12-21-23/h3-10,12-14H,11H2,1-2H3,(H,22,24). The topological polar surface area (TPSA) is 59.8 Å². The zero-order chi connectivity index (χ0) is 16.9. The summed E-state index contributed by atoms with van der Waals surface area (Å²) in [4.78, 5) is 16.4. The Morgan fingerprint density at radius 2 is 1.88 bits per heavy atom. The smallest absolute Gasteiger partial charge is 0.255 e. The molecule has 1 aromatic heterocycles. The van der Waals surface area contributed by atoms with Crippen LogP contribution in [-0.4, -0.2) is 20.7 Å². The van der Waals surface area contributed by atoms with Gasteiger partial charge < -0.3 is 5.32 Å². The van der Waals surface area contributed by atoms with E-state index in [0.717, 1.165) is 11.3 Å². The Morgan fingerprint density at radius 1 is 1.12 bits per heavy atom. The van der Waals surface area contributed by atoms with Crippen molar-refractivity contribution < 1.29 is 4.79 Å². The average molecular weight is 320 g/mol. The molecule has 0 aliphatic carbocycles. The van der Waals surface area contributed by atoms with E-state index in [9.17, 15) is 4.79 Å². The van der Waals surface area contributed by atoms with Crippen LogP contribution < -0.4 is 5.32 Å². The number of anilines is 1. The van der Waals surface area contributed by atoms with Gasteiger partial charge in [-0.25, -0.2) is 9.67 Å². The number of nitrogens with one attached hydrogen (secondary N) is 1. The zero-order valence-corrected chi connectivity index (χ0v) is 13.8. The molecule has 0 aliphatic heterocycles. The molecule has 1 amide bonds. The molecule has 0 saturated carbocycles. The summed E-state index contributed by atoms with van der Waals surface area (Å²) in [5.41, 5.74) is 3.63. The summed E-state index contributed by atoms with van der Waals surface area (Å²) in [5.74, 6) is 0.335. The predicted octanol–water partition coefficient (Wildman–Crippen LogP) is 3.70. The molecule has 24 heavy (non-hydrogen) atoms. The molecule has 0 spiro atoms. The van der Waals surface area contributed by atoms with Gasteiger partial charge in [0.05, 0.1) is 6.54 Å². The molecule has 0 saturated heterocycles. The highest BCUT2D eigenvalue weighted by Crippen LogP contribution is 2.19. The van der Waals surface area contributed by atoms with Gasteiger partial charge in [-0.05, 0) is 35.2 Å². The number of hydrogen-bond acceptors (Lipinski definition) is 3. The van der Waals surface area contributed by atoms with Crippen LogP contribution in [-0.2, 0) is 6.54 Å². The Balaban J connectivity index is 1.76. The van der Waals surface area contributed by atoms with Crippen LogP contribution in [0.1, 0.15) is 41.3 Å². The summed E-state index contributed by atoms with van der Waals surface area (Å²) in [6, 6.07) is 15.4. The number of para-hydroxylation sites is 1. The molecule has 3 rings (SSSR count). The van der Waals surface area contributed by atoms with Crippen molar-refractivity contribution in [3.8, 4) is 0 Å². The molecule has 0 fully saturated rings. The van der Waals surface area contributed by atoms with Crippen LogP contribution in [0.25, 0.3) is 0 Å². The highest BCUT2D eigenvalue weighted by atomic mass is 16.1. The molecule has 1 heterocycles. The minimum absolute atomic E-state index is 0.114. The molecule has 0 radical (unpaired) electrons. The normalized spacial score (nSPS) is 10.8. The predicted molar refractivity (Wildman–Crippen MR) is 94.1 cm³/mol. The number of rotatable bonds is 5. The average Bonchev–Trinajstić information content (AvgIpc) is 3.10. The van der Waals surface area contributed by atoms with E-state index >= 15 is 0 Å². The maximum absolute atomic E-state index is 12.5. The lowest BCUT2D eigenvalue weighted by atomic mass is 10.0. The van der Waals surface area contributed by atoms with Crippen LogP contribution in [0, 0.1) is 0 Å². The molecule has 5 nitrogen and oxygen atoms in total. The Bertz CT molecular complexity index is 808. The van der Waals surface area contributed by atoms with Gasteiger partial charge in [0.2, 0.25) is 0 Å². The van der Waals surface area contributed by atoms with Gasteiger partial charge >= 0.3 is 0 Å². The lowest BCUT2D eigenvalue weighted by molar-refractivity contribution is 0.102. The molecule has 2 aromatic carbocycles. The van der Waals surface area contributed by atoms with E-state index in [0.29, 0.717) is 18.0 Å². The summed E-state index contributed by atoms with van der Waals surface area (Å²) >= 11 is 0. The first kappa shape index (κ1) is 15.9. The Morgan fingerprint density at radius 3 is 2.54 bits per heavy atom. The van der Waals surface area contributed by atoms with Crippen molar-refractivity contribution in [1.29, 1.82) is 0 Å². The largest absolute Gasteiger partial charge is 0.322 e. The Hall–Kier alpha value is -2.95. The lowest BCUT2D eigenvalue weighted by Gasteiger charge is -2.12. The first-order valence-corrected chi connectivity index (χ1v) is 7.95. The van der Waals surface area contributed by atoms with Crippen molar-refractivity contribution in [2.75, 3.05) is 5.32 Å². The maximum atomic E-state index is 12.5. The molecular formula is C19H20N4O. The zero-order valence-electron chi connectivity index (χ0n) is 13.8. The van der Waals surface area contributed by atoms with Crippen molar-refractivity contribution >= 4 is 11.6 Å². The van der Waals surface area contributed by atoms with Crippen LogP contribution >= 0.6 is 0 Å². The van der Waals surface area contributed by atoms with Crippen LogP contribution in [0.2, 0.25) is 0 Å². The van der Waals surface area contributed by atoms with Gasteiger partial charge in [-0.15, -0.1) is 0 Å². The second-order valence-corrected chi connectivity index (χ2v) is 5.98. The van der Waals surface area contributed by atoms with Gasteiger partial charge in [-0.2, -0.15) is 5.10 Å². The first-order valence-electron chi connectivity index (χ1n) is 7.95. The van der Waals surface area contributed by atoms with Crippen molar-refractivity contribution in [2.24, 2.45) is 0 Å². The molecule has 0 atom stereocenters. The minimum atomic E-state index is -0.114. The molecule has 122 valence electrons. The SMILES string of the molecule is CC(C)c1ccc(C(=O)Nc2ccccc2Cn2cncn2)cc1. The third kappa shape index (κ3) is 3.68. The molecular weight excluding hydrogens is 300 g/mol. The number of benzene rings is 2. The maximum Gasteiger partial charge on any atom is 0.255 e. The summed E-state index contributed by atoms with van der Waals surface area (Å²) in [6.07, 6.45) is 3.15. The van der Waals surface area contributed by atoms with E-state index in [-0.39, 0.29) is 5.91 Å². The monoisotopic (exact) mass is 320 g/mol. The van der Waals surface area contributed by atoms with E-state index in [1.54, 1.807) is 11.0 Å². The fraction of sp³-hybridized carbons (Fsp3) is 0.211. The Kier molecular flexibility index (Phi) is 4.70. The fourth-order valence-corrected chi connectivity index (χ4v) is 2.48. The molecule has 5 heteroatoms. The van der Waals surface area contributed by atoms with Crippen molar-refractivity contribution in [1.82, 2.24) is 14.8 Å². The molecule has 0 bridgehead atoms. The number of amides is 1. The summed E-state index contributed by atoms with van der Waals surface area (Å²) in [5, 5.41) is 7.10. The van der Waals surface area contributed by atoms with E-state index in [4.69, 9.17) is 0 Å². The third-order valence-corrected chi connectivity index (χ3v) is 3.90. The molecule has 0 unspecified atom stereocenters. The van der Waals surface area contributed by atoms with E-state index < -0.39 is 0 Å². The van der Waals surface area contributed by atoms with Crippen molar-refractivity contribution in [3.05, 3.63) is 77.9 Å². The number of nitrogens with zero attached hydrogens (tertiary/aromatic N) is 3. The van der Waals surface area contributed by atoms with Crippen molar-refractivity contribution in [2.45, 2.75) is 26.3 Å². The number of carbonyl (C=O) groups is 1. The van der Waals surface area contributed by atoms with Gasteiger partial charge in [0.1, 0.15) is 12.7 Å². The summed E-state index contributed by atoms with van der Waals surface area (Å²) in [7, 11) is 0. The molecule has 3 aromatic rings. The highest BCUT2D eigenvalue weighted by Gasteiger charge is 2.10.